The van der Waals surface area contributed by atoms with Gasteiger partial charge in [-0.3, -0.25) is 9.52 Å². The third-order valence-corrected chi connectivity index (χ3v) is 5.88. The number of benzene rings is 3. The normalized spacial score (nSPS) is 11.0. The van der Waals surface area contributed by atoms with Crippen molar-refractivity contribution < 1.29 is 22.3 Å². The Hall–Kier alpha value is -3.39. The second-order valence-corrected chi connectivity index (χ2v) is 8.27. The van der Waals surface area contributed by atoms with Crippen molar-refractivity contribution in [2.45, 2.75) is 18.4 Å². The lowest BCUT2D eigenvalue weighted by Gasteiger charge is -2.13. The highest BCUT2D eigenvalue weighted by atomic mass is 32.2. The van der Waals surface area contributed by atoms with Gasteiger partial charge >= 0.3 is 0 Å². The summed E-state index contributed by atoms with van der Waals surface area (Å²) in [5.41, 5.74) is 1.66. The molecule has 0 unspecified atom stereocenters. The quantitative estimate of drug-likeness (QED) is 0.598. The molecule has 8 heteroatoms. The van der Waals surface area contributed by atoms with E-state index in [9.17, 15) is 17.6 Å². The van der Waals surface area contributed by atoms with E-state index < -0.39 is 15.8 Å². The maximum absolute atomic E-state index is 13.7. The van der Waals surface area contributed by atoms with Crippen LogP contribution >= 0.6 is 0 Å². The zero-order valence-electron chi connectivity index (χ0n) is 16.5. The summed E-state index contributed by atoms with van der Waals surface area (Å²) in [5.74, 6) is -0.223. The minimum absolute atomic E-state index is 0.0520. The molecule has 0 bridgehead atoms. The first-order chi connectivity index (χ1) is 14.3. The zero-order chi connectivity index (χ0) is 21.7. The first-order valence-corrected chi connectivity index (χ1v) is 10.6. The van der Waals surface area contributed by atoms with E-state index in [2.05, 4.69) is 10.0 Å². The molecule has 3 aromatic rings. The van der Waals surface area contributed by atoms with Crippen molar-refractivity contribution in [3.05, 3.63) is 89.2 Å². The average Bonchev–Trinajstić information content (AvgIpc) is 2.74. The predicted octanol–water partition coefficient (Wildman–Crippen LogP) is 3.87. The van der Waals surface area contributed by atoms with Gasteiger partial charge in [0.05, 0.1) is 17.7 Å². The second kappa shape index (κ2) is 8.96. The van der Waals surface area contributed by atoms with Gasteiger partial charge in [-0.1, -0.05) is 18.2 Å². The number of sulfonamides is 1. The summed E-state index contributed by atoms with van der Waals surface area (Å²) in [7, 11) is -2.29. The molecule has 1 amide bonds. The number of amides is 1. The first kappa shape index (κ1) is 21.3. The molecule has 6 nitrogen and oxygen atoms in total. The monoisotopic (exact) mass is 428 g/mol. The van der Waals surface area contributed by atoms with Crippen LogP contribution in [0.2, 0.25) is 0 Å². The number of rotatable bonds is 7. The number of aryl methyl sites for hydroxylation is 1. The van der Waals surface area contributed by atoms with Gasteiger partial charge in [0.15, 0.2) is 0 Å². The Morgan fingerprint density at radius 3 is 2.37 bits per heavy atom. The van der Waals surface area contributed by atoms with E-state index in [4.69, 9.17) is 4.74 Å². The van der Waals surface area contributed by atoms with E-state index in [1.54, 1.807) is 43.3 Å². The molecule has 0 radical (unpaired) electrons. The van der Waals surface area contributed by atoms with Gasteiger partial charge in [-0.25, -0.2) is 12.8 Å². The summed E-state index contributed by atoms with van der Waals surface area (Å²) in [6.45, 7) is 1.75. The van der Waals surface area contributed by atoms with Crippen molar-refractivity contribution in [2.24, 2.45) is 0 Å². The van der Waals surface area contributed by atoms with Gasteiger partial charge in [0.25, 0.3) is 15.9 Å². The van der Waals surface area contributed by atoms with Gasteiger partial charge in [-0.2, -0.15) is 0 Å². The second-order valence-electron chi connectivity index (χ2n) is 6.58. The molecule has 0 spiro atoms. The molecule has 0 heterocycles. The Bertz CT molecular complexity index is 1160. The van der Waals surface area contributed by atoms with Crippen molar-refractivity contribution >= 4 is 21.6 Å². The Morgan fingerprint density at radius 2 is 1.73 bits per heavy atom. The Labute approximate surface area is 174 Å². The Morgan fingerprint density at radius 1 is 1.03 bits per heavy atom. The Balaban J connectivity index is 1.71. The molecule has 0 aliphatic heterocycles. The lowest BCUT2D eigenvalue weighted by Crippen LogP contribution is -2.23. The van der Waals surface area contributed by atoms with Crippen LogP contribution in [-0.4, -0.2) is 21.4 Å². The first-order valence-electron chi connectivity index (χ1n) is 9.09. The van der Waals surface area contributed by atoms with Crippen LogP contribution in [-0.2, 0) is 16.6 Å². The number of hydrogen-bond acceptors (Lipinski definition) is 4. The highest BCUT2D eigenvalue weighted by Gasteiger charge is 2.16. The molecule has 0 aliphatic carbocycles. The van der Waals surface area contributed by atoms with Crippen molar-refractivity contribution in [3.63, 3.8) is 0 Å². The molecule has 0 saturated heterocycles. The lowest BCUT2D eigenvalue weighted by atomic mass is 10.1. The SMILES string of the molecule is COc1ccc(S(=O)(=O)Nc2ccc(C(=O)NCc3ccccc3F)cc2C)cc1. The molecule has 0 atom stereocenters. The number of hydrogen-bond donors (Lipinski definition) is 2. The number of anilines is 1. The molecule has 0 saturated carbocycles. The summed E-state index contributed by atoms with van der Waals surface area (Å²) >= 11 is 0. The standard InChI is InChI=1S/C22H21FN2O4S/c1-15-13-16(22(26)24-14-17-5-3-4-6-20(17)23)7-12-21(15)25-30(27,28)19-10-8-18(29-2)9-11-19/h3-13,25H,14H2,1-2H3,(H,24,26). The van der Waals surface area contributed by atoms with Crippen LogP contribution in [0, 0.1) is 12.7 Å². The van der Waals surface area contributed by atoms with Crippen LogP contribution in [0.1, 0.15) is 21.5 Å². The van der Waals surface area contributed by atoms with Crippen molar-refractivity contribution in [3.8, 4) is 5.75 Å². The van der Waals surface area contributed by atoms with Crippen molar-refractivity contribution in [1.82, 2.24) is 5.32 Å². The van der Waals surface area contributed by atoms with Gasteiger partial charge in [0.1, 0.15) is 11.6 Å². The van der Waals surface area contributed by atoms with E-state index in [1.165, 1.54) is 37.4 Å². The average molecular weight is 428 g/mol. The number of carbonyl (C=O) groups excluding carboxylic acids is 1. The summed E-state index contributed by atoms with van der Waals surface area (Å²) in [4.78, 5) is 12.5. The molecule has 0 fully saturated rings. The van der Waals surface area contributed by atoms with E-state index in [1.807, 2.05) is 0 Å². The summed E-state index contributed by atoms with van der Waals surface area (Å²) in [5, 5.41) is 2.66. The highest BCUT2D eigenvalue weighted by molar-refractivity contribution is 7.92. The molecule has 156 valence electrons. The molecular weight excluding hydrogens is 407 g/mol. The van der Waals surface area contributed by atoms with Gasteiger partial charge < -0.3 is 10.1 Å². The van der Waals surface area contributed by atoms with Gasteiger partial charge in [0.2, 0.25) is 0 Å². The number of methoxy groups -OCH3 is 1. The summed E-state index contributed by atoms with van der Waals surface area (Å²) in [6.07, 6.45) is 0. The Kier molecular flexibility index (Phi) is 6.37. The number of halogens is 1. The van der Waals surface area contributed by atoms with Crippen LogP contribution in [0.4, 0.5) is 10.1 Å². The van der Waals surface area contributed by atoms with E-state index in [0.29, 0.717) is 28.1 Å². The van der Waals surface area contributed by atoms with E-state index in [0.717, 1.165) is 0 Å². The molecule has 2 N–H and O–H groups in total. The molecule has 3 aromatic carbocycles. The molecule has 0 aliphatic rings. The van der Waals surface area contributed by atoms with Crippen LogP contribution < -0.4 is 14.8 Å². The largest absolute Gasteiger partial charge is 0.497 e. The zero-order valence-corrected chi connectivity index (χ0v) is 17.3. The predicted molar refractivity (Wildman–Crippen MR) is 113 cm³/mol. The lowest BCUT2D eigenvalue weighted by molar-refractivity contribution is 0.0950. The third-order valence-electron chi connectivity index (χ3n) is 4.50. The molecule has 30 heavy (non-hydrogen) atoms. The fourth-order valence-electron chi connectivity index (χ4n) is 2.80. The smallest absolute Gasteiger partial charge is 0.261 e. The topological polar surface area (TPSA) is 84.5 Å². The van der Waals surface area contributed by atoms with E-state index >= 15 is 0 Å². The van der Waals surface area contributed by atoms with Gasteiger partial charge in [-0.15, -0.1) is 0 Å². The minimum atomic E-state index is -3.79. The van der Waals surface area contributed by atoms with Gasteiger partial charge in [0, 0.05) is 17.7 Å². The van der Waals surface area contributed by atoms with Crippen LogP contribution in [0.5, 0.6) is 5.75 Å². The molecular formula is C22H21FN2O4S. The number of carbonyl (C=O) groups is 1. The maximum Gasteiger partial charge on any atom is 0.261 e. The number of nitrogens with one attached hydrogen (secondary N) is 2. The van der Waals surface area contributed by atoms with Crippen molar-refractivity contribution in [1.29, 1.82) is 0 Å². The van der Waals surface area contributed by atoms with Crippen LogP contribution in [0.25, 0.3) is 0 Å². The van der Waals surface area contributed by atoms with E-state index in [-0.39, 0.29) is 17.3 Å². The fraction of sp³-hybridized carbons (Fsp3) is 0.136. The third kappa shape index (κ3) is 4.96. The number of ether oxygens (including phenoxy) is 1. The maximum atomic E-state index is 13.7. The molecule has 3 rings (SSSR count). The highest BCUT2D eigenvalue weighted by Crippen LogP contribution is 2.22. The van der Waals surface area contributed by atoms with Crippen LogP contribution in [0.3, 0.4) is 0 Å². The van der Waals surface area contributed by atoms with Gasteiger partial charge in [-0.05, 0) is 61.0 Å². The fourth-order valence-corrected chi connectivity index (χ4v) is 3.93. The summed E-state index contributed by atoms with van der Waals surface area (Å²) < 4.78 is 46.4. The minimum Gasteiger partial charge on any atom is -0.497 e. The van der Waals surface area contributed by atoms with Crippen molar-refractivity contribution in [2.75, 3.05) is 11.8 Å². The summed E-state index contributed by atoms with van der Waals surface area (Å²) in [6, 6.07) is 16.8. The van der Waals surface area contributed by atoms with Crippen LogP contribution in [0.15, 0.2) is 71.6 Å². The molecule has 0 aromatic heterocycles.